The van der Waals surface area contributed by atoms with Gasteiger partial charge in [0.05, 0.1) is 23.4 Å². The van der Waals surface area contributed by atoms with Gasteiger partial charge in [0.25, 0.3) is 10.0 Å². The summed E-state index contributed by atoms with van der Waals surface area (Å²) in [5, 5.41) is 0. The molecular weight excluding hydrogens is 349 g/mol. The van der Waals surface area contributed by atoms with Crippen LogP contribution in [0.5, 0.6) is 5.75 Å². The van der Waals surface area contributed by atoms with Crippen molar-refractivity contribution in [3.8, 4) is 5.75 Å². The monoisotopic (exact) mass is 371 g/mol. The topological polar surface area (TPSA) is 61.9 Å². The molecule has 1 aliphatic rings. The standard InChI is InChI=1S/C18H22BN3O3S/c1-21-9-11-22(12-10-21)17-13-15(5-8-18(17)25-2)20-26(23,24)16-6-3-14(19)4-7-16/h3-8,13,20H,9-12H2,1-2H3. The first-order valence-electron chi connectivity index (χ1n) is 8.39. The van der Waals surface area contributed by atoms with Gasteiger partial charge in [-0.15, -0.1) is 0 Å². The zero-order chi connectivity index (χ0) is 18.7. The number of rotatable bonds is 5. The maximum atomic E-state index is 12.6. The summed E-state index contributed by atoms with van der Waals surface area (Å²) in [5.74, 6) is 0.727. The number of ether oxygens (including phenoxy) is 1. The maximum Gasteiger partial charge on any atom is 0.261 e. The van der Waals surface area contributed by atoms with E-state index in [-0.39, 0.29) is 4.90 Å². The third-order valence-electron chi connectivity index (χ3n) is 4.47. The first-order chi connectivity index (χ1) is 12.4. The molecule has 1 aliphatic heterocycles. The van der Waals surface area contributed by atoms with E-state index in [1.165, 1.54) is 12.1 Å². The highest BCUT2D eigenvalue weighted by atomic mass is 32.2. The lowest BCUT2D eigenvalue weighted by molar-refractivity contribution is 0.311. The zero-order valence-electron chi connectivity index (χ0n) is 15.0. The first kappa shape index (κ1) is 18.6. The van der Waals surface area contributed by atoms with E-state index in [9.17, 15) is 8.42 Å². The molecule has 6 nitrogen and oxygen atoms in total. The van der Waals surface area contributed by atoms with Crippen LogP contribution in [0.2, 0.25) is 0 Å². The average molecular weight is 371 g/mol. The van der Waals surface area contributed by atoms with Crippen LogP contribution in [0, 0.1) is 0 Å². The van der Waals surface area contributed by atoms with Crippen molar-refractivity contribution in [2.24, 2.45) is 0 Å². The summed E-state index contributed by atoms with van der Waals surface area (Å²) in [4.78, 5) is 4.64. The number of piperazine rings is 1. The molecule has 1 saturated heterocycles. The van der Waals surface area contributed by atoms with Gasteiger partial charge in [0.1, 0.15) is 13.6 Å². The molecule has 0 amide bonds. The number of anilines is 2. The molecule has 136 valence electrons. The molecule has 3 rings (SSSR count). The number of benzene rings is 2. The van der Waals surface area contributed by atoms with Crippen molar-refractivity contribution in [3.05, 3.63) is 42.5 Å². The minimum atomic E-state index is -3.68. The molecule has 0 aromatic heterocycles. The van der Waals surface area contributed by atoms with Crippen LogP contribution in [0.25, 0.3) is 0 Å². The Morgan fingerprint density at radius 2 is 1.69 bits per heavy atom. The second-order valence-electron chi connectivity index (χ2n) is 6.35. The highest BCUT2D eigenvalue weighted by Gasteiger charge is 2.20. The molecule has 2 radical (unpaired) electrons. The van der Waals surface area contributed by atoms with Crippen molar-refractivity contribution in [1.29, 1.82) is 0 Å². The van der Waals surface area contributed by atoms with Crippen molar-refractivity contribution >= 4 is 34.7 Å². The summed E-state index contributed by atoms with van der Waals surface area (Å²) in [6.07, 6.45) is 0. The van der Waals surface area contributed by atoms with Crippen LogP contribution in [0.15, 0.2) is 47.4 Å². The molecule has 1 fully saturated rings. The Balaban J connectivity index is 1.86. The van der Waals surface area contributed by atoms with Crippen molar-refractivity contribution in [2.45, 2.75) is 4.90 Å². The van der Waals surface area contributed by atoms with Gasteiger partial charge in [-0.05, 0) is 37.4 Å². The Morgan fingerprint density at radius 1 is 1.04 bits per heavy atom. The van der Waals surface area contributed by atoms with Crippen LogP contribution in [-0.4, -0.2) is 61.5 Å². The van der Waals surface area contributed by atoms with Crippen LogP contribution < -0.4 is 19.8 Å². The summed E-state index contributed by atoms with van der Waals surface area (Å²) < 4.78 is 33.3. The van der Waals surface area contributed by atoms with E-state index < -0.39 is 10.0 Å². The van der Waals surface area contributed by atoms with E-state index in [0.717, 1.165) is 37.6 Å². The fourth-order valence-corrected chi connectivity index (χ4v) is 3.96. The third-order valence-corrected chi connectivity index (χ3v) is 5.86. The van der Waals surface area contributed by atoms with Gasteiger partial charge < -0.3 is 14.5 Å². The van der Waals surface area contributed by atoms with E-state index in [4.69, 9.17) is 12.6 Å². The molecule has 1 N–H and O–H groups in total. The Bertz CT molecular complexity index is 864. The van der Waals surface area contributed by atoms with Gasteiger partial charge >= 0.3 is 0 Å². The molecule has 8 heteroatoms. The SMILES string of the molecule is [B]c1ccc(S(=O)(=O)Nc2ccc(OC)c(N3CCN(C)CC3)c2)cc1. The van der Waals surface area contributed by atoms with Gasteiger partial charge in [0.15, 0.2) is 0 Å². The van der Waals surface area contributed by atoms with Gasteiger partial charge in [0.2, 0.25) is 0 Å². The average Bonchev–Trinajstić information content (AvgIpc) is 2.62. The zero-order valence-corrected chi connectivity index (χ0v) is 15.8. The maximum absolute atomic E-state index is 12.6. The Kier molecular flexibility index (Phi) is 5.43. The van der Waals surface area contributed by atoms with Gasteiger partial charge in [-0.1, -0.05) is 17.6 Å². The number of hydrogen-bond donors (Lipinski definition) is 1. The molecule has 0 aliphatic carbocycles. The molecule has 0 atom stereocenters. The number of sulfonamides is 1. The molecular formula is C18H22BN3O3S. The fourth-order valence-electron chi connectivity index (χ4n) is 2.91. The lowest BCUT2D eigenvalue weighted by Crippen LogP contribution is -2.44. The summed E-state index contributed by atoms with van der Waals surface area (Å²) in [7, 11) is 5.66. The van der Waals surface area contributed by atoms with Gasteiger partial charge in [-0.3, -0.25) is 4.72 Å². The lowest BCUT2D eigenvalue weighted by atomic mass is 9.97. The van der Waals surface area contributed by atoms with E-state index >= 15 is 0 Å². The number of methoxy groups -OCH3 is 1. The first-order valence-corrected chi connectivity index (χ1v) is 9.87. The number of likely N-dealkylation sites (N-methyl/N-ethyl adjacent to an activating group) is 1. The second-order valence-corrected chi connectivity index (χ2v) is 8.03. The molecule has 0 unspecified atom stereocenters. The van der Waals surface area contributed by atoms with Gasteiger partial charge in [0, 0.05) is 26.2 Å². The minimum Gasteiger partial charge on any atom is -0.495 e. The number of nitrogens with zero attached hydrogens (tertiary/aromatic N) is 2. The van der Waals surface area contributed by atoms with Crippen molar-refractivity contribution in [1.82, 2.24) is 4.90 Å². The van der Waals surface area contributed by atoms with Crippen LogP contribution in [0.3, 0.4) is 0 Å². The Labute approximate surface area is 156 Å². The quantitative estimate of drug-likeness (QED) is 0.796. The van der Waals surface area contributed by atoms with Crippen LogP contribution in [0.1, 0.15) is 0 Å². The van der Waals surface area contributed by atoms with Crippen molar-refractivity contribution in [3.63, 3.8) is 0 Å². The predicted octanol–water partition coefficient (Wildman–Crippen LogP) is 1.04. The molecule has 0 bridgehead atoms. The smallest absolute Gasteiger partial charge is 0.261 e. The van der Waals surface area contributed by atoms with E-state index in [0.29, 0.717) is 11.2 Å². The van der Waals surface area contributed by atoms with Crippen LogP contribution in [-0.2, 0) is 10.0 Å². The summed E-state index contributed by atoms with van der Waals surface area (Å²) in [6, 6.07) is 11.4. The second kappa shape index (κ2) is 7.59. The fraction of sp³-hybridized carbons (Fsp3) is 0.333. The highest BCUT2D eigenvalue weighted by molar-refractivity contribution is 7.92. The molecule has 0 saturated carbocycles. The largest absolute Gasteiger partial charge is 0.495 e. The van der Waals surface area contributed by atoms with Crippen LogP contribution in [0.4, 0.5) is 11.4 Å². The number of nitrogens with one attached hydrogen (secondary N) is 1. The van der Waals surface area contributed by atoms with E-state index in [2.05, 4.69) is 21.6 Å². The predicted molar refractivity (Wildman–Crippen MR) is 105 cm³/mol. The molecule has 1 heterocycles. The van der Waals surface area contributed by atoms with Crippen LogP contribution >= 0.6 is 0 Å². The third kappa shape index (κ3) is 4.13. The van der Waals surface area contributed by atoms with E-state index in [1.807, 2.05) is 6.07 Å². The van der Waals surface area contributed by atoms with Crippen molar-refractivity contribution in [2.75, 3.05) is 50.0 Å². The molecule has 2 aromatic carbocycles. The summed E-state index contributed by atoms with van der Waals surface area (Å²) >= 11 is 0. The Morgan fingerprint density at radius 3 is 2.31 bits per heavy atom. The highest BCUT2D eigenvalue weighted by Crippen LogP contribution is 2.32. The normalized spacial score (nSPS) is 15.7. The molecule has 26 heavy (non-hydrogen) atoms. The summed E-state index contributed by atoms with van der Waals surface area (Å²) in [6.45, 7) is 3.62. The molecule has 2 aromatic rings. The number of hydrogen-bond acceptors (Lipinski definition) is 5. The van der Waals surface area contributed by atoms with Gasteiger partial charge in [-0.25, -0.2) is 8.42 Å². The van der Waals surface area contributed by atoms with E-state index in [1.54, 1.807) is 31.4 Å². The summed E-state index contributed by atoms with van der Waals surface area (Å²) in [5.41, 5.74) is 1.90. The minimum absolute atomic E-state index is 0.170. The Hall–Kier alpha value is -2.19. The van der Waals surface area contributed by atoms with Crippen molar-refractivity contribution < 1.29 is 13.2 Å². The molecule has 0 spiro atoms. The van der Waals surface area contributed by atoms with Gasteiger partial charge in [-0.2, -0.15) is 0 Å². The lowest BCUT2D eigenvalue weighted by Gasteiger charge is -2.35.